The van der Waals surface area contributed by atoms with Crippen molar-refractivity contribution >= 4 is 118 Å². The quantitative estimate of drug-likeness (QED) is 0.0152. The molecule has 0 saturated carbocycles. The average molecular weight is 1920 g/mol. The zero-order valence-corrected chi connectivity index (χ0v) is 77.7. The normalized spacial score (nSPS) is 11.9. The topological polar surface area (TPSA) is 449 Å². The van der Waals surface area contributed by atoms with Gasteiger partial charge in [-0.3, -0.25) is 10.6 Å². The van der Waals surface area contributed by atoms with Crippen molar-refractivity contribution in [1.29, 1.82) is 0 Å². The minimum absolute atomic E-state index is 0. The van der Waals surface area contributed by atoms with E-state index in [1.54, 1.807) is 111 Å². The number of H-pyrrole nitrogens is 3. The summed E-state index contributed by atoms with van der Waals surface area (Å²) in [5.41, 5.74) is 4.83. The molecule has 0 spiro atoms. The van der Waals surface area contributed by atoms with E-state index in [0.717, 1.165) is 39.7 Å². The lowest BCUT2D eigenvalue weighted by Gasteiger charge is -2.23. The summed E-state index contributed by atoms with van der Waals surface area (Å²) in [5, 5.41) is 45.9. The van der Waals surface area contributed by atoms with Gasteiger partial charge in [0.2, 0.25) is 0 Å². The molecule has 32 nitrogen and oxygen atoms in total. The second-order valence-corrected chi connectivity index (χ2v) is 34.8. The van der Waals surface area contributed by atoms with Crippen molar-refractivity contribution in [2.24, 2.45) is 0 Å². The van der Waals surface area contributed by atoms with E-state index in [4.69, 9.17) is 62.0 Å². The van der Waals surface area contributed by atoms with E-state index in [-0.39, 0.29) is 40.8 Å². The number of aldehydes is 1. The van der Waals surface area contributed by atoms with Crippen molar-refractivity contribution in [3.63, 3.8) is 0 Å². The number of hydrogen-bond acceptors (Lipinski definition) is 21. The number of amides is 7. The molecule has 7 amide bonds. The van der Waals surface area contributed by atoms with Crippen molar-refractivity contribution in [2.45, 2.75) is 216 Å². The Bertz CT molecular complexity index is 5040. The molecule has 710 valence electrons. The highest BCUT2D eigenvalue weighted by Crippen LogP contribution is 2.31. The molecule has 0 saturated heterocycles. The Labute approximate surface area is 786 Å². The van der Waals surface area contributed by atoms with Crippen molar-refractivity contribution < 1.29 is 91.5 Å². The lowest BCUT2D eigenvalue weighted by molar-refractivity contribution is -0.139. The van der Waals surface area contributed by atoms with E-state index in [9.17, 15) is 43.2 Å². The van der Waals surface area contributed by atoms with Gasteiger partial charge in [-0.15, -0.1) is 0 Å². The Balaban J connectivity index is 0.000000540. The number of hydrogen-bond donors (Lipinski definition) is 13. The Kier molecular flexibility index (Phi) is 48.8. The lowest BCUT2D eigenvalue weighted by Crippen LogP contribution is -2.44. The van der Waals surface area contributed by atoms with Crippen LogP contribution in [0, 0.1) is 0 Å². The zero-order chi connectivity index (χ0) is 95.0. The number of aromatic nitrogens is 6. The van der Waals surface area contributed by atoms with Gasteiger partial charge in [0.15, 0.2) is 0 Å². The van der Waals surface area contributed by atoms with Crippen molar-refractivity contribution in [3.05, 3.63) is 273 Å². The summed E-state index contributed by atoms with van der Waals surface area (Å²) in [4.78, 5) is 126. The van der Waals surface area contributed by atoms with Gasteiger partial charge in [-0.1, -0.05) is 221 Å². The average Bonchev–Trinajstić information content (AvgIpc) is 1.67. The number of aromatic amines is 3. The van der Waals surface area contributed by atoms with Crippen LogP contribution in [0.1, 0.15) is 190 Å². The maximum absolute atomic E-state index is 12.5. The number of ether oxygens (including phenoxy) is 7. The first-order valence-electron chi connectivity index (χ1n) is 40.4. The first kappa shape index (κ1) is 114. The summed E-state index contributed by atoms with van der Waals surface area (Å²) >= 11 is 15.7. The van der Waals surface area contributed by atoms with Gasteiger partial charge in [-0.05, 0) is 184 Å². The molecule has 10 aromatic rings. The number of imidazole rings is 3. The van der Waals surface area contributed by atoms with Crippen LogP contribution in [0.25, 0.3) is 11.3 Å². The molecular weight excluding hydrogens is 1790 g/mol. The van der Waals surface area contributed by atoms with Gasteiger partial charge in [0.25, 0.3) is 0 Å². The van der Waals surface area contributed by atoms with Crippen LogP contribution in [-0.4, -0.2) is 161 Å². The van der Waals surface area contributed by atoms with Gasteiger partial charge < -0.3 is 94.6 Å². The highest BCUT2D eigenvalue weighted by molar-refractivity contribution is 9.10. The fraction of sp³-hybridized carbons (Fsp3) is 0.368. The Morgan fingerprint density at radius 2 is 0.733 bits per heavy atom. The minimum atomic E-state index is -1.50. The summed E-state index contributed by atoms with van der Waals surface area (Å²) in [6.45, 7) is 26.9. The van der Waals surface area contributed by atoms with Gasteiger partial charge in [-0.2, -0.15) is 0 Å². The van der Waals surface area contributed by atoms with Crippen LogP contribution in [0.2, 0.25) is 10.3 Å². The van der Waals surface area contributed by atoms with Crippen molar-refractivity contribution in [2.75, 3.05) is 24.9 Å². The van der Waals surface area contributed by atoms with Crippen LogP contribution in [0.4, 0.5) is 44.9 Å². The molecule has 3 heterocycles. The molecule has 3 aromatic heterocycles. The number of carboxylic acids is 1. The summed E-state index contributed by atoms with van der Waals surface area (Å²) < 4.78 is 35.7. The number of nitrogens with one attached hydrogen (secondary N) is 10. The Hall–Kier alpha value is -12.8. The van der Waals surface area contributed by atoms with Gasteiger partial charge in [0, 0.05) is 55.0 Å². The number of aliphatic carboxylic acids is 1. The van der Waals surface area contributed by atoms with Crippen LogP contribution in [0.3, 0.4) is 0 Å². The fourth-order valence-corrected chi connectivity index (χ4v) is 11.7. The second-order valence-electron chi connectivity index (χ2n) is 33.3. The van der Waals surface area contributed by atoms with Crippen molar-refractivity contribution in [1.82, 2.24) is 56.5 Å². The molecular formula is C95H127BBrCl2N13O19. The van der Waals surface area contributed by atoms with E-state index < -0.39 is 102 Å². The molecule has 0 radical (unpaired) electrons. The first-order chi connectivity index (χ1) is 60.1. The summed E-state index contributed by atoms with van der Waals surface area (Å²) in [6.07, 6.45) is 2.60. The smallest absolute Gasteiger partial charge is 0.480 e. The molecule has 36 heteroatoms. The Morgan fingerprint density at radius 3 is 1.04 bits per heavy atom. The molecule has 131 heavy (non-hydrogen) atoms. The standard InChI is InChI=1S/C24H27ClN4O4.C16H19BrClN3O2.C16H21N3O2.C14H19NO4.C14H19NO3.C8H10BNO4.3CH4/c1-24(2,3)33-23(31)27-18(14-15-8-6-5-7-9-15)21-28-19(20(25)29-21)16-10-12-17(13-11-16)26-22(30)32-4;1-16(2,3)23-15(22)19-11(9-10-7-5-4-6-8-10)14-20-12(17)13(18)21-14;1-16(2,3)21-15(20)19-13(14-17-9-10-18-14)11-12-7-5-4-6-8-12;1-14(2,3)19-13(18)15-11(12(16)17)9-10-7-5-4-6-8-10;1-14(2,3)18-13(17)15-12(10-16)9-11-7-5-4-6-8-11;1-14-8(11)10-7-4-2-6(3-5-7)9(12)13;;;/h5-13,18H,14H2,1-4H3,(H,26,30)(H,27,31)(H,28,29);4-8,11H,9H2,1-3H3,(H,19,22)(H,20,21);4-10,13H,11H2,1-3H3,(H,17,18)(H,19,20);4-8,11H,9H2,1-3H3,(H,15,18)(H,16,17);4-8,10,12H,9H2,1-3H3,(H,15,17);2-5,12-13H,1H3,(H,10,11);3*1H4/t18-;11-;13-;11-;12-;;;;/m00000..../s1. The fourth-order valence-electron chi connectivity index (χ4n) is 11.0. The van der Waals surface area contributed by atoms with E-state index in [1.807, 2.05) is 193 Å². The van der Waals surface area contributed by atoms with E-state index in [0.29, 0.717) is 80.6 Å². The number of carbonyl (C=O) groups is 9. The van der Waals surface area contributed by atoms with Crippen LogP contribution in [-0.2, 0) is 74.9 Å². The molecule has 0 aliphatic carbocycles. The minimum Gasteiger partial charge on any atom is -0.480 e. The number of anilines is 2. The highest BCUT2D eigenvalue weighted by Gasteiger charge is 2.30. The Morgan fingerprint density at radius 1 is 0.420 bits per heavy atom. The third-order valence-electron chi connectivity index (χ3n) is 16.4. The molecule has 0 aliphatic heterocycles. The van der Waals surface area contributed by atoms with Gasteiger partial charge in [-0.25, -0.2) is 53.3 Å². The summed E-state index contributed by atoms with van der Waals surface area (Å²) in [5.74, 6) is 0.692. The molecule has 0 unspecified atom stereocenters. The van der Waals surface area contributed by atoms with Crippen LogP contribution >= 0.6 is 39.1 Å². The maximum Gasteiger partial charge on any atom is 0.488 e. The molecule has 7 aromatic carbocycles. The van der Waals surface area contributed by atoms with Gasteiger partial charge in [0.05, 0.1) is 38.4 Å². The van der Waals surface area contributed by atoms with E-state index in [1.165, 1.54) is 26.4 Å². The molecule has 5 atom stereocenters. The number of methoxy groups -OCH3 is 2. The van der Waals surface area contributed by atoms with Crippen LogP contribution in [0.15, 0.2) is 217 Å². The van der Waals surface area contributed by atoms with Crippen molar-refractivity contribution in [3.8, 4) is 11.3 Å². The largest absolute Gasteiger partial charge is 0.488 e. The van der Waals surface area contributed by atoms with Crippen LogP contribution < -0.4 is 42.7 Å². The number of nitrogens with zero attached hydrogens (tertiary/aromatic N) is 3. The predicted molar refractivity (Wildman–Crippen MR) is 515 cm³/mol. The molecule has 10 rings (SSSR count). The highest BCUT2D eigenvalue weighted by atomic mass is 79.9. The zero-order valence-electron chi connectivity index (χ0n) is 74.6. The number of carboxylic acid groups (broad SMARTS) is 1. The third kappa shape index (κ3) is 47.4. The number of rotatable bonds is 24. The van der Waals surface area contributed by atoms with Crippen LogP contribution in [0.5, 0.6) is 0 Å². The molecule has 0 bridgehead atoms. The molecule has 0 fully saturated rings. The molecule has 0 aliphatic rings. The number of alkyl carbamates (subject to hydrolysis) is 5. The van der Waals surface area contributed by atoms with Gasteiger partial charge >= 0.3 is 55.7 Å². The maximum atomic E-state index is 12.5. The van der Waals surface area contributed by atoms with E-state index in [2.05, 4.69) is 92.5 Å². The third-order valence-corrected chi connectivity index (χ3v) is 17.8. The first-order valence-corrected chi connectivity index (χ1v) is 42.0. The molecule has 13 N–H and O–H groups in total. The summed E-state index contributed by atoms with van der Waals surface area (Å²) in [7, 11) is 1.06. The lowest BCUT2D eigenvalue weighted by atomic mass is 9.80. The monoisotopic (exact) mass is 1910 g/mol. The predicted octanol–water partition coefficient (Wildman–Crippen LogP) is 19.6. The number of benzene rings is 7. The second kappa shape index (κ2) is 56.0. The van der Waals surface area contributed by atoms with Gasteiger partial charge in [0.1, 0.15) is 78.4 Å². The number of halogens is 3. The number of carbonyl (C=O) groups excluding carboxylic acids is 8. The SMILES string of the molecule is C.C.C.CC(C)(C)OC(=O)N[C@@H](Cc1ccccc1)C(=O)O.CC(C)(C)OC(=O)N[C@@H](Cc1ccccc1)c1nc(Br)c(Cl)[nH]1.CC(C)(C)OC(=O)N[C@@H](Cc1ccccc1)c1ncc[nH]1.CC(C)(C)OC(=O)N[C@H](C=O)Cc1ccccc1.COC(=O)Nc1ccc(-c2nc([C@H](Cc3ccccc3)NC(=O)OC(C)(C)C)[nH]c2Cl)cc1.COC(=O)Nc1ccc(B(O)O)cc1. The summed E-state index contributed by atoms with van der Waals surface area (Å²) in [6, 6.07) is 58.5. The van der Waals surface area contributed by atoms with E-state index >= 15 is 0 Å².